The first-order valence-corrected chi connectivity index (χ1v) is 14.4. The highest BCUT2D eigenvalue weighted by Gasteiger charge is 2.29. The number of benzene rings is 2. The van der Waals surface area contributed by atoms with Crippen molar-refractivity contribution in [2.45, 2.75) is 78.2 Å². The van der Waals surface area contributed by atoms with Gasteiger partial charge >= 0.3 is 5.97 Å². The number of phenols is 1. The van der Waals surface area contributed by atoms with E-state index in [4.69, 9.17) is 23.2 Å². The van der Waals surface area contributed by atoms with E-state index in [0.29, 0.717) is 47.1 Å². The zero-order valence-corrected chi connectivity index (χ0v) is 23.9. The molecule has 0 aliphatic rings. The van der Waals surface area contributed by atoms with Gasteiger partial charge in [0.1, 0.15) is 5.75 Å². The summed E-state index contributed by atoms with van der Waals surface area (Å²) in [7, 11) is 0. The number of aromatic carboxylic acids is 1. The highest BCUT2D eigenvalue weighted by atomic mass is 35.5. The van der Waals surface area contributed by atoms with Crippen LogP contribution in [-0.2, 0) is 19.4 Å². The summed E-state index contributed by atoms with van der Waals surface area (Å²) in [6.45, 7) is 4.90. The molecule has 0 unspecified atom stereocenters. The molecule has 0 aliphatic heterocycles. The number of unbranched alkanes of at least 4 members (excludes halogenated alkanes) is 2. The van der Waals surface area contributed by atoms with Crippen LogP contribution >= 0.6 is 23.2 Å². The van der Waals surface area contributed by atoms with Gasteiger partial charge in [0.15, 0.2) is 0 Å². The van der Waals surface area contributed by atoms with Crippen LogP contribution < -0.4 is 0 Å². The number of carboxylic acid groups (broad SMARTS) is 1. The zero-order chi connectivity index (χ0) is 27.7. The van der Waals surface area contributed by atoms with Crippen LogP contribution in [0.25, 0.3) is 11.1 Å². The molecule has 5 nitrogen and oxygen atoms in total. The average molecular weight is 561 g/mol. The number of rotatable bonds is 15. The predicted octanol–water partition coefficient (Wildman–Crippen LogP) is 8.38. The molecule has 7 heteroatoms. The molecule has 3 rings (SSSR count). The fraction of sp³-hybridized carbons (Fsp3) is 0.452. The van der Waals surface area contributed by atoms with Gasteiger partial charge in [0.2, 0.25) is 0 Å². The van der Waals surface area contributed by atoms with Crippen molar-refractivity contribution in [1.29, 1.82) is 0 Å². The summed E-state index contributed by atoms with van der Waals surface area (Å²) in [5.74, 6) is -0.636. The van der Waals surface area contributed by atoms with E-state index in [1.165, 1.54) is 6.07 Å². The Hall–Kier alpha value is -2.47. The number of aliphatic hydroxyl groups is 1. The Kier molecular flexibility index (Phi) is 11.6. The Morgan fingerprint density at radius 3 is 2.16 bits per heavy atom. The first-order chi connectivity index (χ1) is 18.3. The smallest absolute Gasteiger partial charge is 0.338 e. The summed E-state index contributed by atoms with van der Waals surface area (Å²) >= 11 is 12.4. The molecule has 0 aliphatic carbocycles. The number of aromatic hydroxyl groups is 1. The van der Waals surface area contributed by atoms with Crippen molar-refractivity contribution < 1.29 is 20.1 Å². The van der Waals surface area contributed by atoms with Crippen LogP contribution in [0.1, 0.15) is 86.1 Å². The summed E-state index contributed by atoms with van der Waals surface area (Å²) in [4.78, 5) is 12.9. The molecular formula is C31H39Cl2NO4. The van der Waals surface area contributed by atoms with Crippen molar-refractivity contribution in [2.24, 2.45) is 5.92 Å². The number of halogens is 2. The van der Waals surface area contributed by atoms with Gasteiger partial charge in [-0.3, -0.25) is 0 Å². The number of hydrogen-bond donors (Lipinski definition) is 3. The van der Waals surface area contributed by atoms with Crippen LogP contribution in [0.5, 0.6) is 5.75 Å². The average Bonchev–Trinajstić information content (AvgIpc) is 3.19. The van der Waals surface area contributed by atoms with Gasteiger partial charge in [-0.05, 0) is 54.2 Å². The van der Waals surface area contributed by atoms with E-state index in [-0.39, 0.29) is 22.9 Å². The summed E-state index contributed by atoms with van der Waals surface area (Å²) in [6, 6.07) is 12.4. The van der Waals surface area contributed by atoms with E-state index in [1.807, 2.05) is 24.3 Å². The van der Waals surface area contributed by atoms with Crippen LogP contribution in [0.15, 0.2) is 42.5 Å². The monoisotopic (exact) mass is 559 g/mol. The van der Waals surface area contributed by atoms with E-state index in [1.54, 1.807) is 12.1 Å². The lowest BCUT2D eigenvalue weighted by Crippen LogP contribution is -2.14. The quantitative estimate of drug-likeness (QED) is 0.174. The molecular weight excluding hydrogens is 521 g/mol. The van der Waals surface area contributed by atoms with Crippen LogP contribution in [0.3, 0.4) is 0 Å². The third-order valence-corrected chi connectivity index (χ3v) is 7.72. The Balaban J connectivity index is 2.28. The summed E-state index contributed by atoms with van der Waals surface area (Å²) in [5.41, 5.74) is 4.18. The summed E-state index contributed by atoms with van der Waals surface area (Å²) < 4.78 is 2.12. The minimum Gasteiger partial charge on any atom is -0.506 e. The summed E-state index contributed by atoms with van der Waals surface area (Å²) in [6.07, 6.45) is 8.27. The van der Waals surface area contributed by atoms with Crippen molar-refractivity contribution in [1.82, 2.24) is 4.57 Å². The highest BCUT2D eigenvalue weighted by Crippen LogP contribution is 2.39. The molecule has 0 saturated carbocycles. The van der Waals surface area contributed by atoms with Crippen molar-refractivity contribution in [3.05, 3.63) is 75.0 Å². The Morgan fingerprint density at radius 1 is 0.947 bits per heavy atom. The molecule has 2 aromatic carbocycles. The molecule has 1 heterocycles. The number of carboxylic acids is 1. The van der Waals surface area contributed by atoms with Crippen LogP contribution in [0.4, 0.5) is 0 Å². The second kappa shape index (κ2) is 14.6. The molecule has 1 aromatic heterocycles. The van der Waals surface area contributed by atoms with Crippen molar-refractivity contribution in [2.75, 3.05) is 6.61 Å². The normalized spacial score (nSPS) is 11.4. The first-order valence-electron chi connectivity index (χ1n) is 13.6. The lowest BCUT2D eigenvalue weighted by Gasteiger charge is -2.21. The Labute approximate surface area is 236 Å². The lowest BCUT2D eigenvalue weighted by atomic mass is 9.88. The number of hydrogen-bond acceptors (Lipinski definition) is 3. The topological polar surface area (TPSA) is 82.7 Å². The molecule has 0 fully saturated rings. The van der Waals surface area contributed by atoms with Gasteiger partial charge in [-0.1, -0.05) is 93.8 Å². The number of aliphatic hydroxyl groups excluding tert-OH is 1. The third kappa shape index (κ3) is 7.56. The van der Waals surface area contributed by atoms with Crippen LogP contribution in [-0.4, -0.2) is 32.5 Å². The maximum absolute atomic E-state index is 12.9. The van der Waals surface area contributed by atoms with Crippen molar-refractivity contribution in [3.63, 3.8) is 0 Å². The molecule has 38 heavy (non-hydrogen) atoms. The second-order valence-corrected chi connectivity index (χ2v) is 10.8. The number of carbonyl (C=O) groups is 1. The number of nitrogens with zero attached hydrogens (tertiary/aromatic N) is 1. The summed E-state index contributed by atoms with van der Waals surface area (Å²) in [5, 5.41) is 31.2. The third-order valence-electron chi connectivity index (χ3n) is 7.17. The van der Waals surface area contributed by atoms with Crippen LogP contribution in [0.2, 0.25) is 10.0 Å². The lowest BCUT2D eigenvalue weighted by molar-refractivity contribution is 0.0696. The minimum absolute atomic E-state index is 0.00980. The van der Waals surface area contributed by atoms with Crippen molar-refractivity contribution >= 4 is 29.2 Å². The molecule has 0 saturated heterocycles. The molecule has 0 amide bonds. The minimum atomic E-state index is -1.00. The molecule has 3 N–H and O–H groups in total. The highest BCUT2D eigenvalue weighted by molar-refractivity contribution is 6.32. The fourth-order valence-electron chi connectivity index (χ4n) is 5.22. The van der Waals surface area contributed by atoms with Crippen LogP contribution in [0, 0.1) is 5.92 Å². The molecule has 0 bridgehead atoms. The number of phenolic OH excluding ortho intramolecular Hbond substituents is 1. The Bertz CT molecular complexity index is 1200. The van der Waals surface area contributed by atoms with E-state index < -0.39 is 5.97 Å². The maximum Gasteiger partial charge on any atom is 0.338 e. The Morgan fingerprint density at radius 2 is 1.61 bits per heavy atom. The first kappa shape index (κ1) is 30.1. The van der Waals surface area contributed by atoms with Gasteiger partial charge in [-0.15, -0.1) is 0 Å². The van der Waals surface area contributed by atoms with Gasteiger partial charge in [-0.2, -0.15) is 0 Å². The SMILES string of the molecule is CCCCC(CCCC)Cc1c(-c2ccc(O)c(Cl)c2)c(C(=O)O)c(Cc2ccc(Cl)cc2)n1CCCO. The maximum atomic E-state index is 12.9. The molecule has 0 radical (unpaired) electrons. The van der Waals surface area contributed by atoms with Gasteiger partial charge in [0.25, 0.3) is 0 Å². The standard InChI is InChI=1S/C31H39Cl2NO4/c1-3-5-8-21(9-6-4-2)18-26-29(23-12-15-28(36)25(33)20-23)30(31(37)38)27(34(26)16-7-17-35)19-22-10-13-24(32)14-11-22/h10-15,20-21,35-36H,3-9,16-19H2,1-2H3,(H,37,38). The van der Waals surface area contributed by atoms with Gasteiger partial charge < -0.3 is 19.9 Å². The van der Waals surface area contributed by atoms with Crippen molar-refractivity contribution in [3.8, 4) is 16.9 Å². The predicted molar refractivity (Wildman–Crippen MR) is 156 cm³/mol. The van der Waals surface area contributed by atoms with E-state index in [2.05, 4.69) is 18.4 Å². The second-order valence-electron chi connectivity index (χ2n) is 10.0. The van der Waals surface area contributed by atoms with E-state index in [9.17, 15) is 20.1 Å². The van der Waals surface area contributed by atoms with Gasteiger partial charge in [0.05, 0.1) is 10.6 Å². The number of aromatic nitrogens is 1. The largest absolute Gasteiger partial charge is 0.506 e. The molecule has 206 valence electrons. The fourth-order valence-corrected chi connectivity index (χ4v) is 5.53. The van der Waals surface area contributed by atoms with E-state index >= 15 is 0 Å². The molecule has 3 aromatic rings. The zero-order valence-electron chi connectivity index (χ0n) is 22.4. The molecule has 0 atom stereocenters. The van der Waals surface area contributed by atoms with Gasteiger partial charge in [0, 0.05) is 41.5 Å². The van der Waals surface area contributed by atoms with E-state index in [0.717, 1.165) is 56.2 Å². The molecule has 0 spiro atoms. The van der Waals surface area contributed by atoms with Gasteiger partial charge in [-0.25, -0.2) is 4.79 Å².